The molecule has 1 aliphatic heterocycles. The molecule has 0 aliphatic carbocycles. The number of halogens is 1. The summed E-state index contributed by atoms with van der Waals surface area (Å²) < 4.78 is 0. The van der Waals surface area contributed by atoms with Gasteiger partial charge in [0.05, 0.1) is 4.83 Å². The van der Waals surface area contributed by atoms with Crippen LogP contribution >= 0.6 is 15.9 Å². The maximum Gasteiger partial charge on any atom is 0.135 e. The second-order valence-electron chi connectivity index (χ2n) is 2.61. The first-order valence-corrected chi connectivity index (χ1v) is 4.69. The number of rotatable bonds is 1. The minimum atomic E-state index is 0.236. The molecule has 0 bridgehead atoms. The van der Waals surface area contributed by atoms with Crippen LogP contribution in [0.3, 0.4) is 0 Å². The Morgan fingerprint density at radius 1 is 1.33 bits per heavy atom. The van der Waals surface area contributed by atoms with Crippen LogP contribution in [0, 0.1) is 0 Å². The number of hydrogen-bond donors (Lipinski definition) is 0. The van der Waals surface area contributed by atoms with E-state index >= 15 is 0 Å². The molecule has 1 aliphatic rings. The van der Waals surface area contributed by atoms with Gasteiger partial charge >= 0.3 is 0 Å². The highest BCUT2D eigenvalue weighted by Crippen LogP contribution is 2.16. The zero-order chi connectivity index (χ0) is 8.39. The Bertz CT molecular complexity index is 297. The predicted octanol–water partition coefficient (Wildman–Crippen LogP) is 2.18. The molecule has 62 valence electrons. The highest BCUT2D eigenvalue weighted by atomic mass is 79.9. The van der Waals surface area contributed by atoms with Crippen molar-refractivity contribution < 1.29 is 4.84 Å². The largest absolute Gasteiger partial charge is 0.394 e. The fourth-order valence-corrected chi connectivity index (χ4v) is 1.62. The molecule has 2 nitrogen and oxygen atoms in total. The van der Waals surface area contributed by atoms with Crippen molar-refractivity contribution in [2.75, 3.05) is 6.61 Å². The van der Waals surface area contributed by atoms with E-state index in [4.69, 9.17) is 4.84 Å². The number of nitrogens with zero attached hydrogens (tertiary/aromatic N) is 1. The Morgan fingerprint density at radius 3 is 2.67 bits per heavy atom. The Kier molecular flexibility index (Phi) is 2.13. The van der Waals surface area contributed by atoms with Gasteiger partial charge in [-0.25, -0.2) is 0 Å². The molecule has 1 aromatic rings. The summed E-state index contributed by atoms with van der Waals surface area (Å²) in [7, 11) is 0. The van der Waals surface area contributed by atoms with Gasteiger partial charge in [-0.2, -0.15) is 0 Å². The van der Waals surface area contributed by atoms with E-state index in [1.807, 2.05) is 30.3 Å². The van der Waals surface area contributed by atoms with Crippen molar-refractivity contribution in [3.05, 3.63) is 35.9 Å². The highest BCUT2D eigenvalue weighted by Gasteiger charge is 2.20. The minimum Gasteiger partial charge on any atom is -0.394 e. The average Bonchev–Trinajstić information content (AvgIpc) is 2.53. The molecule has 0 spiro atoms. The first-order chi connectivity index (χ1) is 5.88. The third-order valence-corrected chi connectivity index (χ3v) is 2.45. The number of alkyl halides is 1. The smallest absolute Gasteiger partial charge is 0.135 e. The monoisotopic (exact) mass is 225 g/mol. The summed E-state index contributed by atoms with van der Waals surface area (Å²) in [6, 6.07) is 10.0. The molecule has 0 fully saturated rings. The lowest BCUT2D eigenvalue weighted by molar-refractivity contribution is 0.176. The predicted molar refractivity (Wildman–Crippen MR) is 51.6 cm³/mol. The first-order valence-electron chi connectivity index (χ1n) is 3.77. The van der Waals surface area contributed by atoms with E-state index in [0.29, 0.717) is 6.61 Å². The zero-order valence-corrected chi connectivity index (χ0v) is 7.99. The molecule has 0 N–H and O–H groups in total. The molecule has 1 atom stereocenters. The Balaban J connectivity index is 2.31. The van der Waals surface area contributed by atoms with Crippen LogP contribution < -0.4 is 0 Å². The second kappa shape index (κ2) is 3.27. The molecule has 1 unspecified atom stereocenters. The van der Waals surface area contributed by atoms with E-state index in [9.17, 15) is 0 Å². The van der Waals surface area contributed by atoms with Crippen LogP contribution in [0.2, 0.25) is 0 Å². The van der Waals surface area contributed by atoms with Crippen LogP contribution in [-0.4, -0.2) is 17.1 Å². The van der Waals surface area contributed by atoms with Gasteiger partial charge in [0.25, 0.3) is 0 Å². The van der Waals surface area contributed by atoms with Crippen LogP contribution in [0.5, 0.6) is 0 Å². The van der Waals surface area contributed by atoms with Crippen molar-refractivity contribution in [2.24, 2.45) is 5.16 Å². The van der Waals surface area contributed by atoms with E-state index in [1.54, 1.807) is 0 Å². The molecule has 0 saturated heterocycles. The molecule has 0 radical (unpaired) electrons. The van der Waals surface area contributed by atoms with Gasteiger partial charge in [-0.1, -0.05) is 51.4 Å². The molecule has 12 heavy (non-hydrogen) atoms. The normalized spacial score (nSPS) is 21.8. The summed E-state index contributed by atoms with van der Waals surface area (Å²) in [6.07, 6.45) is 0. The topological polar surface area (TPSA) is 21.6 Å². The standard InChI is InChI=1S/C9H8BrNO/c10-8-6-12-11-9(8)7-4-2-1-3-5-7/h1-5,8H,6H2. The summed E-state index contributed by atoms with van der Waals surface area (Å²) in [5.74, 6) is 0. The summed E-state index contributed by atoms with van der Waals surface area (Å²) in [5, 5.41) is 3.96. The third-order valence-electron chi connectivity index (χ3n) is 1.75. The zero-order valence-electron chi connectivity index (χ0n) is 6.40. The summed E-state index contributed by atoms with van der Waals surface area (Å²) in [6.45, 7) is 0.629. The molecular weight excluding hydrogens is 218 g/mol. The van der Waals surface area contributed by atoms with Crippen LogP contribution in [0.25, 0.3) is 0 Å². The van der Waals surface area contributed by atoms with E-state index < -0.39 is 0 Å². The van der Waals surface area contributed by atoms with Crippen LogP contribution in [0.4, 0.5) is 0 Å². The van der Waals surface area contributed by atoms with Crippen molar-refractivity contribution in [1.82, 2.24) is 0 Å². The van der Waals surface area contributed by atoms with E-state index in [-0.39, 0.29) is 4.83 Å². The van der Waals surface area contributed by atoms with Gasteiger partial charge in [0, 0.05) is 5.56 Å². The fraction of sp³-hybridized carbons (Fsp3) is 0.222. The van der Waals surface area contributed by atoms with Gasteiger partial charge in [0.2, 0.25) is 0 Å². The number of oxime groups is 1. The second-order valence-corrected chi connectivity index (χ2v) is 3.71. The summed E-state index contributed by atoms with van der Waals surface area (Å²) >= 11 is 3.49. The Labute approximate surface area is 79.4 Å². The summed E-state index contributed by atoms with van der Waals surface area (Å²) in [5.41, 5.74) is 2.10. The number of benzene rings is 1. The summed E-state index contributed by atoms with van der Waals surface area (Å²) in [4.78, 5) is 5.20. The van der Waals surface area contributed by atoms with Crippen LogP contribution in [0.15, 0.2) is 35.5 Å². The molecule has 0 aromatic heterocycles. The van der Waals surface area contributed by atoms with E-state index in [1.165, 1.54) is 0 Å². The maximum atomic E-state index is 4.96. The Hall–Kier alpha value is -0.830. The van der Waals surface area contributed by atoms with Gasteiger partial charge < -0.3 is 4.84 Å². The van der Waals surface area contributed by atoms with E-state index in [2.05, 4.69) is 21.1 Å². The highest BCUT2D eigenvalue weighted by molar-refractivity contribution is 9.10. The molecule has 0 amide bonds. The first kappa shape index (κ1) is 7.80. The van der Waals surface area contributed by atoms with E-state index in [0.717, 1.165) is 11.3 Å². The minimum absolute atomic E-state index is 0.236. The number of hydrogen-bond acceptors (Lipinski definition) is 2. The lowest BCUT2D eigenvalue weighted by Crippen LogP contribution is -2.12. The third kappa shape index (κ3) is 1.37. The van der Waals surface area contributed by atoms with Gasteiger partial charge in [-0.15, -0.1) is 0 Å². The van der Waals surface area contributed by atoms with Crippen molar-refractivity contribution >= 4 is 21.6 Å². The van der Waals surface area contributed by atoms with Crippen LogP contribution in [0.1, 0.15) is 5.56 Å². The van der Waals surface area contributed by atoms with Gasteiger partial charge in [0.1, 0.15) is 12.3 Å². The van der Waals surface area contributed by atoms with Gasteiger partial charge in [-0.05, 0) is 0 Å². The lowest BCUT2D eigenvalue weighted by Gasteiger charge is -2.00. The van der Waals surface area contributed by atoms with Gasteiger partial charge in [-0.3, -0.25) is 0 Å². The average molecular weight is 226 g/mol. The van der Waals surface area contributed by atoms with Crippen molar-refractivity contribution in [3.63, 3.8) is 0 Å². The quantitative estimate of drug-likeness (QED) is 0.672. The van der Waals surface area contributed by atoms with Crippen molar-refractivity contribution in [2.45, 2.75) is 4.83 Å². The fourth-order valence-electron chi connectivity index (χ4n) is 1.15. The molecule has 1 aromatic carbocycles. The van der Waals surface area contributed by atoms with Crippen molar-refractivity contribution in [3.8, 4) is 0 Å². The molecule has 1 heterocycles. The molecule has 0 saturated carbocycles. The lowest BCUT2D eigenvalue weighted by atomic mass is 10.1. The van der Waals surface area contributed by atoms with Gasteiger partial charge in [0.15, 0.2) is 0 Å². The molecule has 2 rings (SSSR count). The maximum absolute atomic E-state index is 4.96. The van der Waals surface area contributed by atoms with Crippen LogP contribution in [-0.2, 0) is 4.84 Å². The molecular formula is C9H8BrNO. The Morgan fingerprint density at radius 2 is 2.08 bits per heavy atom. The SMILES string of the molecule is BrC1CON=C1c1ccccc1. The molecule has 3 heteroatoms. The van der Waals surface area contributed by atoms with Crippen molar-refractivity contribution in [1.29, 1.82) is 0 Å².